The Morgan fingerprint density at radius 2 is 1.71 bits per heavy atom. The molecule has 1 fully saturated rings. The molecule has 2 aromatic carbocycles. The van der Waals surface area contributed by atoms with E-state index in [0.717, 1.165) is 19.3 Å². The molecule has 7 nitrogen and oxygen atoms in total. The fraction of sp³-hybridized carbons (Fsp3) is 0.435. The summed E-state index contributed by atoms with van der Waals surface area (Å²) in [4.78, 5) is 12.9. The van der Waals surface area contributed by atoms with Gasteiger partial charge in [0.05, 0.1) is 18.6 Å². The average Bonchev–Trinajstić information content (AvgIpc) is 2.78. The van der Waals surface area contributed by atoms with E-state index in [0.29, 0.717) is 48.4 Å². The fourth-order valence-electron chi connectivity index (χ4n) is 3.35. The Labute approximate surface area is 184 Å². The lowest BCUT2D eigenvalue weighted by atomic mass is 10.1. The second-order valence-corrected chi connectivity index (χ2v) is 9.95. The minimum absolute atomic E-state index is 0.237. The first kappa shape index (κ1) is 23.1. The minimum Gasteiger partial charge on any atom is -0.493 e. The Balaban J connectivity index is 1.69. The van der Waals surface area contributed by atoms with Crippen molar-refractivity contribution in [1.29, 1.82) is 0 Å². The van der Waals surface area contributed by atoms with E-state index >= 15 is 0 Å². The van der Waals surface area contributed by atoms with Gasteiger partial charge in [-0.25, -0.2) is 8.42 Å². The zero-order valence-electron chi connectivity index (χ0n) is 18.3. The molecule has 0 atom stereocenters. The maximum absolute atomic E-state index is 12.8. The second-order valence-electron chi connectivity index (χ2n) is 8.01. The Kier molecular flexibility index (Phi) is 7.56. The third-order valence-electron chi connectivity index (χ3n) is 5.06. The standard InChI is InChI=1S/C23H30N2O5S/c1-17(2)16-30-21-12-7-18(15-22(21)29-3)23(26)24-19-8-10-20(11-9-19)31(27,28)25-13-5-4-6-14-25/h7-12,15,17H,4-6,13-14,16H2,1-3H3,(H,24,26). The van der Waals surface area contributed by atoms with Crippen LogP contribution in [0.1, 0.15) is 43.5 Å². The highest BCUT2D eigenvalue weighted by Crippen LogP contribution is 2.29. The van der Waals surface area contributed by atoms with Crippen molar-refractivity contribution >= 4 is 21.6 Å². The molecular weight excluding hydrogens is 416 g/mol. The number of methoxy groups -OCH3 is 1. The van der Waals surface area contributed by atoms with Gasteiger partial charge in [0.15, 0.2) is 11.5 Å². The second kappa shape index (κ2) is 10.2. The maximum atomic E-state index is 12.8. The smallest absolute Gasteiger partial charge is 0.255 e. The largest absolute Gasteiger partial charge is 0.493 e. The van der Waals surface area contributed by atoms with Crippen LogP contribution in [0, 0.1) is 5.92 Å². The van der Waals surface area contributed by atoms with Gasteiger partial charge < -0.3 is 14.8 Å². The Hall–Kier alpha value is -2.58. The number of anilines is 1. The van der Waals surface area contributed by atoms with Gasteiger partial charge in [-0.3, -0.25) is 4.79 Å². The molecule has 3 rings (SSSR count). The molecule has 1 saturated heterocycles. The van der Waals surface area contributed by atoms with Crippen LogP contribution in [0.15, 0.2) is 47.4 Å². The zero-order valence-corrected chi connectivity index (χ0v) is 19.1. The fourth-order valence-corrected chi connectivity index (χ4v) is 4.87. The summed E-state index contributed by atoms with van der Waals surface area (Å²) >= 11 is 0. The van der Waals surface area contributed by atoms with E-state index in [2.05, 4.69) is 19.2 Å². The van der Waals surface area contributed by atoms with Crippen molar-refractivity contribution in [3.8, 4) is 11.5 Å². The summed E-state index contributed by atoms with van der Waals surface area (Å²) in [5.74, 6) is 1.12. The molecule has 1 N–H and O–H groups in total. The first-order chi connectivity index (χ1) is 14.8. The highest BCUT2D eigenvalue weighted by molar-refractivity contribution is 7.89. The molecule has 8 heteroatoms. The van der Waals surface area contributed by atoms with Gasteiger partial charge in [-0.15, -0.1) is 0 Å². The summed E-state index contributed by atoms with van der Waals surface area (Å²) in [6.45, 7) is 5.77. The highest BCUT2D eigenvalue weighted by Gasteiger charge is 2.25. The van der Waals surface area contributed by atoms with Crippen molar-refractivity contribution in [2.75, 3.05) is 32.1 Å². The molecule has 0 radical (unpaired) electrons. The number of sulfonamides is 1. The van der Waals surface area contributed by atoms with E-state index in [1.807, 2.05) is 0 Å². The number of amides is 1. The van der Waals surface area contributed by atoms with E-state index in [1.165, 1.54) is 23.5 Å². The van der Waals surface area contributed by atoms with Crippen LogP contribution in [-0.4, -0.2) is 45.4 Å². The Morgan fingerprint density at radius 1 is 1.03 bits per heavy atom. The lowest BCUT2D eigenvalue weighted by molar-refractivity contribution is 0.102. The molecule has 168 valence electrons. The zero-order chi connectivity index (χ0) is 22.4. The molecule has 0 unspecified atom stereocenters. The first-order valence-electron chi connectivity index (χ1n) is 10.5. The number of hydrogen-bond donors (Lipinski definition) is 1. The summed E-state index contributed by atoms with van der Waals surface area (Å²) in [6.07, 6.45) is 2.84. The molecule has 0 bridgehead atoms. The number of rotatable bonds is 8. The average molecular weight is 447 g/mol. The third-order valence-corrected chi connectivity index (χ3v) is 6.98. The SMILES string of the molecule is COc1cc(C(=O)Nc2ccc(S(=O)(=O)N3CCCCC3)cc2)ccc1OCC(C)C. The molecule has 0 spiro atoms. The lowest BCUT2D eigenvalue weighted by Gasteiger charge is -2.25. The van der Waals surface area contributed by atoms with Crippen LogP contribution >= 0.6 is 0 Å². The van der Waals surface area contributed by atoms with E-state index in [-0.39, 0.29) is 10.8 Å². The Bertz CT molecular complexity index is 997. The van der Waals surface area contributed by atoms with Crippen LogP contribution in [0.5, 0.6) is 11.5 Å². The van der Waals surface area contributed by atoms with E-state index < -0.39 is 10.0 Å². The van der Waals surface area contributed by atoms with Crippen LogP contribution in [0.4, 0.5) is 5.69 Å². The molecule has 2 aromatic rings. The predicted molar refractivity (Wildman–Crippen MR) is 120 cm³/mol. The van der Waals surface area contributed by atoms with E-state index in [9.17, 15) is 13.2 Å². The van der Waals surface area contributed by atoms with Gasteiger partial charge in [-0.05, 0) is 61.2 Å². The van der Waals surface area contributed by atoms with Gasteiger partial charge in [0.2, 0.25) is 10.0 Å². The van der Waals surface area contributed by atoms with Crippen molar-refractivity contribution in [2.45, 2.75) is 38.0 Å². The summed E-state index contributed by atoms with van der Waals surface area (Å²) in [7, 11) is -1.97. The normalized spacial score (nSPS) is 15.0. The predicted octanol–water partition coefficient (Wildman–Crippen LogP) is 4.16. The number of nitrogens with one attached hydrogen (secondary N) is 1. The third kappa shape index (κ3) is 5.77. The summed E-state index contributed by atoms with van der Waals surface area (Å²) in [5, 5.41) is 2.79. The van der Waals surface area contributed by atoms with Crippen LogP contribution < -0.4 is 14.8 Å². The van der Waals surface area contributed by atoms with E-state index in [1.54, 1.807) is 30.3 Å². The Morgan fingerprint density at radius 3 is 2.32 bits per heavy atom. The van der Waals surface area contributed by atoms with Gasteiger partial charge >= 0.3 is 0 Å². The molecule has 0 aliphatic carbocycles. The molecule has 1 amide bonds. The monoisotopic (exact) mass is 446 g/mol. The van der Waals surface area contributed by atoms with Crippen molar-refractivity contribution in [2.24, 2.45) is 5.92 Å². The van der Waals surface area contributed by atoms with Gasteiger partial charge in [0.1, 0.15) is 0 Å². The van der Waals surface area contributed by atoms with Crippen LogP contribution in [-0.2, 0) is 10.0 Å². The van der Waals surface area contributed by atoms with Gasteiger partial charge in [0, 0.05) is 24.3 Å². The number of ether oxygens (including phenoxy) is 2. The summed E-state index contributed by atoms with van der Waals surface area (Å²) < 4.78 is 38.1. The van der Waals surface area contributed by atoms with E-state index in [4.69, 9.17) is 9.47 Å². The van der Waals surface area contributed by atoms with Crippen molar-refractivity contribution in [3.05, 3.63) is 48.0 Å². The topological polar surface area (TPSA) is 84.9 Å². The molecule has 0 saturated carbocycles. The van der Waals surface area contributed by atoms with Crippen LogP contribution in [0.2, 0.25) is 0 Å². The van der Waals surface area contributed by atoms with Crippen molar-refractivity contribution in [3.63, 3.8) is 0 Å². The molecular formula is C23H30N2O5S. The number of nitrogens with zero attached hydrogens (tertiary/aromatic N) is 1. The highest BCUT2D eigenvalue weighted by atomic mass is 32.2. The summed E-state index contributed by atoms with van der Waals surface area (Å²) in [6, 6.07) is 11.3. The number of hydrogen-bond acceptors (Lipinski definition) is 5. The quantitative estimate of drug-likeness (QED) is 0.658. The molecule has 1 heterocycles. The maximum Gasteiger partial charge on any atom is 0.255 e. The first-order valence-corrected chi connectivity index (χ1v) is 12.0. The molecule has 1 aliphatic heterocycles. The number of benzene rings is 2. The molecule has 31 heavy (non-hydrogen) atoms. The van der Waals surface area contributed by atoms with Gasteiger partial charge in [-0.2, -0.15) is 4.31 Å². The number of piperidine rings is 1. The molecule has 1 aliphatic rings. The lowest BCUT2D eigenvalue weighted by Crippen LogP contribution is -2.35. The van der Waals surface area contributed by atoms with Crippen molar-refractivity contribution in [1.82, 2.24) is 4.31 Å². The van der Waals surface area contributed by atoms with Crippen LogP contribution in [0.25, 0.3) is 0 Å². The minimum atomic E-state index is -3.49. The number of carbonyl (C=O) groups is 1. The van der Waals surface area contributed by atoms with Crippen molar-refractivity contribution < 1.29 is 22.7 Å². The van der Waals surface area contributed by atoms with Crippen LogP contribution in [0.3, 0.4) is 0 Å². The molecule has 0 aromatic heterocycles. The number of carbonyl (C=O) groups excluding carboxylic acids is 1. The summed E-state index contributed by atoms with van der Waals surface area (Å²) in [5.41, 5.74) is 0.931. The van der Waals surface area contributed by atoms with Gasteiger partial charge in [0.25, 0.3) is 5.91 Å². The van der Waals surface area contributed by atoms with Gasteiger partial charge in [-0.1, -0.05) is 20.3 Å².